The molecule has 0 aromatic carbocycles. The van der Waals surface area contributed by atoms with E-state index in [4.69, 9.17) is 15.4 Å². The molecule has 18 heavy (non-hydrogen) atoms. The van der Waals surface area contributed by atoms with Crippen LogP contribution in [0, 0.1) is 11.8 Å². The summed E-state index contributed by atoms with van der Waals surface area (Å²) >= 11 is 1.70. The van der Waals surface area contributed by atoms with Crippen molar-refractivity contribution in [1.29, 1.82) is 0 Å². The van der Waals surface area contributed by atoms with Crippen LogP contribution in [-0.4, -0.2) is 27.4 Å². The molecule has 3 nitrogen and oxygen atoms in total. The highest BCUT2D eigenvalue weighted by Gasteiger charge is 2.20. The van der Waals surface area contributed by atoms with Gasteiger partial charge in [0.2, 0.25) is 9.05 Å². The van der Waals surface area contributed by atoms with Crippen molar-refractivity contribution >= 4 is 31.1 Å². The van der Waals surface area contributed by atoms with Crippen molar-refractivity contribution < 1.29 is 13.2 Å². The van der Waals surface area contributed by atoms with Gasteiger partial charge in [0.1, 0.15) is 0 Å². The molecule has 1 atom stereocenters. The summed E-state index contributed by atoms with van der Waals surface area (Å²) in [7, 11) is 1.83. The molecule has 104 valence electrons. The highest BCUT2D eigenvalue weighted by molar-refractivity contribution is 8.13. The predicted molar refractivity (Wildman–Crippen MR) is 76.8 cm³/mol. The van der Waals surface area contributed by atoms with Crippen molar-refractivity contribution in [3.8, 4) is 0 Å². The Morgan fingerprint density at radius 3 is 2.67 bits per heavy atom. The maximum Gasteiger partial charge on any atom is 0.232 e. The molecule has 6 heteroatoms. The molecule has 0 aliphatic rings. The topological polar surface area (TPSA) is 43.4 Å². The zero-order chi connectivity index (χ0) is 13.6. The summed E-state index contributed by atoms with van der Waals surface area (Å²) in [6.45, 7) is 5.02. The summed E-state index contributed by atoms with van der Waals surface area (Å²) in [6.07, 6.45) is 0.871. The SMILES string of the molecule is CC(C)C(COCCc1cccs1)CS(=O)(=O)Cl. The van der Waals surface area contributed by atoms with E-state index in [2.05, 4.69) is 6.07 Å². The van der Waals surface area contributed by atoms with Crippen LogP contribution in [0.1, 0.15) is 18.7 Å². The standard InChI is InChI=1S/C12H19ClO3S2/c1-10(2)11(9-18(13,14)15)8-16-6-5-12-4-3-7-17-12/h3-4,7,10-11H,5-6,8-9H2,1-2H3. The highest BCUT2D eigenvalue weighted by Crippen LogP contribution is 2.16. The molecule has 1 aromatic heterocycles. The number of halogens is 1. The first-order valence-electron chi connectivity index (χ1n) is 5.91. The second-order valence-electron chi connectivity index (χ2n) is 4.61. The fourth-order valence-corrected chi connectivity index (χ4v) is 3.72. The molecular formula is C12H19ClO3S2. The van der Waals surface area contributed by atoms with E-state index in [0.717, 1.165) is 6.42 Å². The summed E-state index contributed by atoms with van der Waals surface area (Å²) in [6, 6.07) is 4.08. The molecule has 0 amide bonds. The van der Waals surface area contributed by atoms with Crippen LogP contribution in [0.25, 0.3) is 0 Å². The average Bonchev–Trinajstić information content (AvgIpc) is 2.73. The zero-order valence-corrected chi connectivity index (χ0v) is 13.0. The summed E-state index contributed by atoms with van der Waals surface area (Å²) in [4.78, 5) is 1.28. The third-order valence-electron chi connectivity index (χ3n) is 2.76. The van der Waals surface area contributed by atoms with E-state index < -0.39 is 9.05 Å². The minimum absolute atomic E-state index is 0.0226. The second-order valence-corrected chi connectivity index (χ2v) is 8.47. The molecule has 0 N–H and O–H groups in total. The van der Waals surface area contributed by atoms with Gasteiger partial charge in [-0.15, -0.1) is 11.3 Å². The fourth-order valence-electron chi connectivity index (χ4n) is 1.55. The third kappa shape index (κ3) is 6.73. The number of ether oxygens (including phenoxy) is 1. The van der Waals surface area contributed by atoms with E-state index in [9.17, 15) is 8.42 Å². The Labute approximate surface area is 118 Å². The monoisotopic (exact) mass is 310 g/mol. The van der Waals surface area contributed by atoms with Crippen molar-refractivity contribution in [2.75, 3.05) is 19.0 Å². The van der Waals surface area contributed by atoms with Crippen molar-refractivity contribution in [3.63, 3.8) is 0 Å². The molecule has 0 saturated heterocycles. The minimum atomic E-state index is -3.45. The fraction of sp³-hybridized carbons (Fsp3) is 0.667. The van der Waals surface area contributed by atoms with Crippen LogP contribution >= 0.6 is 22.0 Å². The predicted octanol–water partition coefficient (Wildman–Crippen LogP) is 3.15. The molecule has 1 rings (SSSR count). The van der Waals surface area contributed by atoms with E-state index in [1.807, 2.05) is 25.3 Å². The van der Waals surface area contributed by atoms with Crippen molar-refractivity contribution in [2.45, 2.75) is 20.3 Å². The van der Waals surface area contributed by atoms with E-state index in [-0.39, 0.29) is 17.6 Å². The number of hydrogen-bond acceptors (Lipinski definition) is 4. The summed E-state index contributed by atoms with van der Waals surface area (Å²) in [5.74, 6) is 0.168. The third-order valence-corrected chi connectivity index (χ3v) is 4.90. The average molecular weight is 311 g/mol. The lowest BCUT2D eigenvalue weighted by atomic mass is 9.99. The number of rotatable bonds is 8. The lowest BCUT2D eigenvalue weighted by molar-refractivity contribution is 0.0936. The Morgan fingerprint density at radius 1 is 1.44 bits per heavy atom. The van der Waals surface area contributed by atoms with Gasteiger partial charge in [0.25, 0.3) is 0 Å². The van der Waals surface area contributed by atoms with E-state index in [1.54, 1.807) is 11.3 Å². The Kier molecular flexibility index (Phi) is 6.63. The maximum atomic E-state index is 11.1. The number of thiophene rings is 1. The molecule has 0 saturated carbocycles. The van der Waals surface area contributed by atoms with Crippen molar-refractivity contribution in [1.82, 2.24) is 0 Å². The molecule has 1 aromatic rings. The molecule has 0 fully saturated rings. The van der Waals surface area contributed by atoms with Gasteiger partial charge in [-0.25, -0.2) is 8.42 Å². The molecule has 1 heterocycles. The van der Waals surface area contributed by atoms with Gasteiger partial charge < -0.3 is 4.74 Å². The van der Waals surface area contributed by atoms with Gasteiger partial charge in [-0.3, -0.25) is 0 Å². The Hall–Kier alpha value is -0.100. The van der Waals surface area contributed by atoms with Gasteiger partial charge in [0.15, 0.2) is 0 Å². The van der Waals surface area contributed by atoms with Gasteiger partial charge in [-0.05, 0) is 23.3 Å². The quantitative estimate of drug-likeness (QED) is 0.547. The molecule has 0 radical (unpaired) electrons. The van der Waals surface area contributed by atoms with Crippen LogP contribution in [0.15, 0.2) is 17.5 Å². The largest absolute Gasteiger partial charge is 0.381 e. The lowest BCUT2D eigenvalue weighted by Crippen LogP contribution is -2.23. The molecule has 0 bridgehead atoms. The lowest BCUT2D eigenvalue weighted by Gasteiger charge is -2.19. The van der Waals surface area contributed by atoms with E-state index >= 15 is 0 Å². The van der Waals surface area contributed by atoms with Gasteiger partial charge in [0, 0.05) is 22.0 Å². The molecule has 0 aliphatic carbocycles. The Bertz CT molecular complexity index is 426. The zero-order valence-electron chi connectivity index (χ0n) is 10.6. The molecular weight excluding hydrogens is 292 g/mol. The Morgan fingerprint density at radius 2 is 2.17 bits per heavy atom. The maximum absolute atomic E-state index is 11.1. The second kappa shape index (κ2) is 7.48. The molecule has 0 aliphatic heterocycles. The summed E-state index contributed by atoms with van der Waals surface area (Å²) in [5.41, 5.74) is 0. The first-order chi connectivity index (χ1) is 8.38. The van der Waals surface area contributed by atoms with Crippen LogP contribution < -0.4 is 0 Å². The first kappa shape index (κ1) is 16.0. The first-order valence-corrected chi connectivity index (χ1v) is 9.27. The molecule has 0 spiro atoms. The smallest absolute Gasteiger partial charge is 0.232 e. The van der Waals surface area contributed by atoms with Gasteiger partial charge >= 0.3 is 0 Å². The summed E-state index contributed by atoms with van der Waals surface area (Å²) in [5, 5.41) is 2.03. The van der Waals surface area contributed by atoms with Crippen molar-refractivity contribution in [3.05, 3.63) is 22.4 Å². The van der Waals surface area contributed by atoms with Crippen LogP contribution in [0.2, 0.25) is 0 Å². The van der Waals surface area contributed by atoms with Gasteiger partial charge in [-0.1, -0.05) is 19.9 Å². The number of hydrogen-bond donors (Lipinski definition) is 0. The van der Waals surface area contributed by atoms with Crippen LogP contribution in [0.5, 0.6) is 0 Å². The minimum Gasteiger partial charge on any atom is -0.381 e. The van der Waals surface area contributed by atoms with Crippen LogP contribution in [0.4, 0.5) is 0 Å². The summed E-state index contributed by atoms with van der Waals surface area (Å²) < 4.78 is 27.7. The van der Waals surface area contributed by atoms with Gasteiger partial charge in [-0.2, -0.15) is 0 Å². The van der Waals surface area contributed by atoms with Crippen LogP contribution in [0.3, 0.4) is 0 Å². The highest BCUT2D eigenvalue weighted by atomic mass is 35.7. The Balaban J connectivity index is 2.30. The van der Waals surface area contributed by atoms with E-state index in [0.29, 0.717) is 13.2 Å². The van der Waals surface area contributed by atoms with Gasteiger partial charge in [0.05, 0.1) is 19.0 Å². The normalized spacial score (nSPS) is 14.0. The van der Waals surface area contributed by atoms with Crippen molar-refractivity contribution in [2.24, 2.45) is 11.8 Å². The van der Waals surface area contributed by atoms with E-state index in [1.165, 1.54) is 4.88 Å². The van der Waals surface area contributed by atoms with Crippen LogP contribution in [-0.2, 0) is 20.2 Å². The molecule has 1 unspecified atom stereocenters.